The number of carbonyl (C=O) groups excluding carboxylic acids is 3. The van der Waals surface area contributed by atoms with Crippen molar-refractivity contribution in [2.24, 2.45) is 0 Å². The summed E-state index contributed by atoms with van der Waals surface area (Å²) in [4.78, 5) is 39.0. The van der Waals surface area contributed by atoms with Crippen LogP contribution in [0.3, 0.4) is 0 Å². The van der Waals surface area contributed by atoms with Gasteiger partial charge in [0.25, 0.3) is 5.91 Å². The molecule has 40 heavy (non-hydrogen) atoms. The zero-order chi connectivity index (χ0) is 29.4. The van der Waals surface area contributed by atoms with Crippen molar-refractivity contribution in [3.8, 4) is 17.2 Å². The SMILES string of the molecule is CC(=O)Oc1cccc2c1Nc1c(OC(C)=O)cc(O)cc1N(C/C=C(\C)CC/C=C(\C)CCC=C(C)C)C2=O. The molecule has 0 saturated carbocycles. The summed E-state index contributed by atoms with van der Waals surface area (Å²) in [5.74, 6) is -1.48. The largest absolute Gasteiger partial charge is 0.508 e. The quantitative estimate of drug-likeness (QED) is 0.139. The van der Waals surface area contributed by atoms with E-state index in [1.54, 1.807) is 18.2 Å². The number of ether oxygens (including phenoxy) is 2. The first kappa shape index (κ1) is 30.2. The van der Waals surface area contributed by atoms with E-state index < -0.39 is 11.9 Å². The summed E-state index contributed by atoms with van der Waals surface area (Å²) in [6.45, 7) is 11.1. The van der Waals surface area contributed by atoms with Crippen LogP contribution in [0.2, 0.25) is 0 Å². The minimum absolute atomic E-state index is 0.0419. The molecule has 0 saturated heterocycles. The van der Waals surface area contributed by atoms with Gasteiger partial charge in [0.05, 0.1) is 16.9 Å². The van der Waals surface area contributed by atoms with E-state index in [4.69, 9.17) is 9.47 Å². The number of aromatic hydroxyl groups is 1. The monoisotopic (exact) mass is 546 g/mol. The average Bonchev–Trinajstić information content (AvgIpc) is 2.97. The van der Waals surface area contributed by atoms with Gasteiger partial charge in [-0.3, -0.25) is 14.4 Å². The van der Waals surface area contributed by atoms with Crippen LogP contribution in [0.1, 0.15) is 77.6 Å². The Kier molecular flexibility index (Phi) is 10.3. The molecule has 0 atom stereocenters. The van der Waals surface area contributed by atoms with E-state index in [0.29, 0.717) is 11.4 Å². The second-order valence-electron chi connectivity index (χ2n) is 10.2. The number of fused-ring (bicyclic) bond motifs is 2. The summed E-state index contributed by atoms with van der Waals surface area (Å²) < 4.78 is 10.7. The topological polar surface area (TPSA) is 105 Å². The van der Waals surface area contributed by atoms with Crippen molar-refractivity contribution in [3.05, 3.63) is 70.8 Å². The third kappa shape index (κ3) is 8.09. The number of para-hydroxylation sites is 1. The predicted octanol–water partition coefficient (Wildman–Crippen LogP) is 7.37. The van der Waals surface area contributed by atoms with E-state index in [1.807, 2.05) is 13.0 Å². The Hall–Kier alpha value is -4.33. The number of hydrogen-bond acceptors (Lipinski definition) is 7. The molecule has 0 spiro atoms. The number of hydrogen-bond donors (Lipinski definition) is 2. The van der Waals surface area contributed by atoms with Gasteiger partial charge in [-0.15, -0.1) is 0 Å². The van der Waals surface area contributed by atoms with E-state index in [9.17, 15) is 19.5 Å². The van der Waals surface area contributed by atoms with Crippen LogP contribution < -0.4 is 19.7 Å². The lowest BCUT2D eigenvalue weighted by atomic mass is 10.1. The number of nitrogens with one attached hydrogen (secondary N) is 1. The molecular formula is C32H38N2O6. The predicted molar refractivity (Wildman–Crippen MR) is 158 cm³/mol. The molecule has 0 bridgehead atoms. The summed E-state index contributed by atoms with van der Waals surface area (Å²) in [6.07, 6.45) is 10.3. The van der Waals surface area contributed by atoms with E-state index in [0.717, 1.165) is 31.3 Å². The molecule has 2 N–H and O–H groups in total. The zero-order valence-corrected chi connectivity index (χ0v) is 24.1. The van der Waals surface area contributed by atoms with Gasteiger partial charge in [-0.2, -0.15) is 0 Å². The van der Waals surface area contributed by atoms with Crippen molar-refractivity contribution in [2.75, 3.05) is 16.8 Å². The molecular weight excluding hydrogens is 508 g/mol. The van der Waals surface area contributed by atoms with Gasteiger partial charge in [-0.1, -0.05) is 41.0 Å². The number of esters is 2. The van der Waals surface area contributed by atoms with E-state index in [2.05, 4.69) is 38.2 Å². The maximum Gasteiger partial charge on any atom is 0.308 e. The molecule has 2 aromatic carbocycles. The second kappa shape index (κ2) is 13.6. The van der Waals surface area contributed by atoms with Crippen molar-refractivity contribution >= 4 is 34.9 Å². The third-order valence-corrected chi connectivity index (χ3v) is 6.36. The summed E-state index contributed by atoms with van der Waals surface area (Å²) >= 11 is 0. The number of carbonyl (C=O) groups is 3. The fourth-order valence-electron chi connectivity index (χ4n) is 4.39. The zero-order valence-electron chi connectivity index (χ0n) is 24.1. The number of benzene rings is 2. The molecule has 0 aliphatic carbocycles. The third-order valence-electron chi connectivity index (χ3n) is 6.36. The molecule has 0 unspecified atom stereocenters. The van der Waals surface area contributed by atoms with Crippen LogP contribution >= 0.6 is 0 Å². The van der Waals surface area contributed by atoms with Gasteiger partial charge in [0.2, 0.25) is 0 Å². The van der Waals surface area contributed by atoms with Crippen LogP contribution in [0.15, 0.2) is 65.3 Å². The van der Waals surface area contributed by atoms with Gasteiger partial charge in [-0.25, -0.2) is 0 Å². The molecule has 1 aliphatic rings. The second-order valence-corrected chi connectivity index (χ2v) is 10.2. The highest BCUT2D eigenvalue weighted by Gasteiger charge is 2.31. The van der Waals surface area contributed by atoms with Crippen LogP contribution in [0, 0.1) is 0 Å². The molecule has 2 aromatic rings. The molecule has 1 amide bonds. The van der Waals surface area contributed by atoms with Crippen molar-refractivity contribution in [1.29, 1.82) is 0 Å². The van der Waals surface area contributed by atoms with Crippen molar-refractivity contribution < 1.29 is 29.0 Å². The van der Waals surface area contributed by atoms with E-state index in [-0.39, 0.29) is 41.0 Å². The molecule has 3 rings (SSSR count). The van der Waals surface area contributed by atoms with Crippen LogP contribution in [0.5, 0.6) is 17.2 Å². The molecule has 1 aliphatic heterocycles. The van der Waals surface area contributed by atoms with Gasteiger partial charge in [0.15, 0.2) is 11.5 Å². The minimum Gasteiger partial charge on any atom is -0.508 e. The van der Waals surface area contributed by atoms with E-state index >= 15 is 0 Å². The van der Waals surface area contributed by atoms with Gasteiger partial charge in [0.1, 0.15) is 11.4 Å². The number of phenols is 1. The highest BCUT2D eigenvalue weighted by atomic mass is 16.5. The Morgan fingerprint density at radius 1 is 0.850 bits per heavy atom. The fraction of sp³-hybridized carbons (Fsp3) is 0.344. The maximum atomic E-state index is 13.9. The number of anilines is 3. The minimum atomic E-state index is -0.592. The van der Waals surface area contributed by atoms with Crippen molar-refractivity contribution in [1.82, 2.24) is 0 Å². The summed E-state index contributed by atoms with van der Waals surface area (Å²) in [6, 6.07) is 7.56. The van der Waals surface area contributed by atoms with Gasteiger partial charge < -0.3 is 24.8 Å². The first-order valence-electron chi connectivity index (χ1n) is 13.4. The molecule has 212 valence electrons. The fourth-order valence-corrected chi connectivity index (χ4v) is 4.39. The summed E-state index contributed by atoms with van der Waals surface area (Å²) in [5, 5.41) is 13.6. The van der Waals surface area contributed by atoms with Crippen LogP contribution in [-0.2, 0) is 9.59 Å². The molecule has 8 heteroatoms. The first-order valence-corrected chi connectivity index (χ1v) is 13.4. The van der Waals surface area contributed by atoms with Gasteiger partial charge in [0, 0.05) is 32.5 Å². The highest BCUT2D eigenvalue weighted by Crippen LogP contribution is 2.46. The standard InChI is InChI=1S/C32H38N2O6/c1-20(2)10-7-11-21(3)12-8-13-22(4)16-17-34-27-18-25(37)19-29(40-24(6)36)31(27)33-30-26(32(34)38)14-9-15-28(30)39-23(5)35/h9-10,12,14-16,18-19,33,37H,7-8,11,13,17H2,1-6H3/b21-12+,22-16+. The van der Waals surface area contributed by atoms with E-state index in [1.165, 1.54) is 42.0 Å². The molecule has 0 aromatic heterocycles. The Labute approximate surface area is 236 Å². The summed E-state index contributed by atoms with van der Waals surface area (Å²) in [7, 11) is 0. The van der Waals surface area contributed by atoms with Crippen LogP contribution in [0.25, 0.3) is 0 Å². The Bertz CT molecular complexity index is 1380. The van der Waals surface area contributed by atoms with Crippen molar-refractivity contribution in [3.63, 3.8) is 0 Å². The number of amides is 1. The lowest BCUT2D eigenvalue weighted by Crippen LogP contribution is -2.30. The molecule has 0 fully saturated rings. The molecule has 8 nitrogen and oxygen atoms in total. The van der Waals surface area contributed by atoms with Gasteiger partial charge >= 0.3 is 11.9 Å². The Balaban J connectivity index is 1.95. The smallest absolute Gasteiger partial charge is 0.308 e. The number of allylic oxidation sites excluding steroid dienone is 5. The molecule has 0 radical (unpaired) electrons. The first-order chi connectivity index (χ1) is 19.0. The lowest BCUT2D eigenvalue weighted by molar-refractivity contribution is -0.132. The normalized spacial score (nSPS) is 13.1. The van der Waals surface area contributed by atoms with Crippen LogP contribution in [-0.4, -0.2) is 29.5 Å². The number of nitrogens with zero attached hydrogens (tertiary/aromatic N) is 1. The highest BCUT2D eigenvalue weighted by molar-refractivity contribution is 6.15. The maximum absolute atomic E-state index is 13.9. The average molecular weight is 547 g/mol. The lowest BCUT2D eigenvalue weighted by Gasteiger charge is -2.23. The van der Waals surface area contributed by atoms with Crippen LogP contribution in [0.4, 0.5) is 17.1 Å². The summed E-state index contributed by atoms with van der Waals surface area (Å²) in [5.41, 5.74) is 4.93. The van der Waals surface area contributed by atoms with Gasteiger partial charge in [-0.05, 0) is 65.5 Å². The number of phenolic OH excluding ortho intramolecular Hbond substituents is 1. The number of rotatable bonds is 10. The molecule has 1 heterocycles. The van der Waals surface area contributed by atoms with Crippen molar-refractivity contribution in [2.45, 2.75) is 67.2 Å². The Morgan fingerprint density at radius 2 is 1.48 bits per heavy atom. The Morgan fingerprint density at radius 3 is 2.12 bits per heavy atom.